The first-order valence-electron chi connectivity index (χ1n) is 5.58. The van der Waals surface area contributed by atoms with Crippen molar-refractivity contribution in [3.8, 4) is 5.75 Å². The highest BCUT2D eigenvalue weighted by molar-refractivity contribution is 5.96. The smallest absolute Gasteiger partial charge is 0.189 e. The van der Waals surface area contributed by atoms with Crippen molar-refractivity contribution in [2.75, 3.05) is 13.4 Å². The number of benzene rings is 1. The van der Waals surface area contributed by atoms with E-state index in [1.165, 1.54) is 19.8 Å². The molecule has 0 aromatic heterocycles. The van der Waals surface area contributed by atoms with E-state index in [0.29, 0.717) is 11.3 Å². The van der Waals surface area contributed by atoms with Gasteiger partial charge in [-0.05, 0) is 37.8 Å². The number of para-hydroxylation sites is 1. The Morgan fingerprint density at radius 1 is 1.38 bits per heavy atom. The van der Waals surface area contributed by atoms with Crippen molar-refractivity contribution >= 4 is 5.78 Å². The predicted octanol–water partition coefficient (Wildman–Crippen LogP) is 2.65. The van der Waals surface area contributed by atoms with Crippen LogP contribution in [-0.4, -0.2) is 19.2 Å². The lowest BCUT2D eigenvalue weighted by molar-refractivity contribution is 0.00960. The summed E-state index contributed by atoms with van der Waals surface area (Å²) in [6, 6.07) is 7.23. The van der Waals surface area contributed by atoms with Gasteiger partial charge in [0, 0.05) is 0 Å². The van der Waals surface area contributed by atoms with E-state index < -0.39 is 0 Å². The van der Waals surface area contributed by atoms with Gasteiger partial charge in [-0.2, -0.15) is 0 Å². The van der Waals surface area contributed by atoms with Gasteiger partial charge in [0.1, 0.15) is 5.75 Å². The molecule has 2 rings (SSSR count). The highest BCUT2D eigenvalue weighted by Gasteiger charge is 2.21. The molecule has 16 heavy (non-hydrogen) atoms. The summed E-state index contributed by atoms with van der Waals surface area (Å²) in [6.07, 6.45) is 2.54. The lowest BCUT2D eigenvalue weighted by Crippen LogP contribution is -2.07. The maximum atomic E-state index is 11.3. The first-order valence-corrected chi connectivity index (χ1v) is 5.58. The maximum absolute atomic E-state index is 11.3. The molecule has 3 nitrogen and oxygen atoms in total. The Kier molecular flexibility index (Phi) is 3.57. The molecule has 0 aliphatic heterocycles. The summed E-state index contributed by atoms with van der Waals surface area (Å²) >= 11 is 0. The molecule has 0 saturated heterocycles. The molecule has 1 aliphatic rings. The third-order valence-electron chi connectivity index (χ3n) is 2.61. The average molecular weight is 220 g/mol. The van der Waals surface area contributed by atoms with Crippen LogP contribution in [0, 0.1) is 5.92 Å². The van der Waals surface area contributed by atoms with Crippen LogP contribution in [0.25, 0.3) is 0 Å². The van der Waals surface area contributed by atoms with Crippen LogP contribution in [0.15, 0.2) is 24.3 Å². The Morgan fingerprint density at radius 3 is 2.81 bits per heavy atom. The van der Waals surface area contributed by atoms with Crippen LogP contribution < -0.4 is 4.74 Å². The zero-order valence-electron chi connectivity index (χ0n) is 9.44. The number of ketones is 1. The Bertz CT molecular complexity index is 369. The van der Waals surface area contributed by atoms with Crippen molar-refractivity contribution in [1.82, 2.24) is 0 Å². The molecule has 1 aromatic carbocycles. The Hall–Kier alpha value is -1.35. The molecule has 0 bridgehead atoms. The number of carbonyl (C=O) groups is 1. The molecular weight excluding hydrogens is 204 g/mol. The lowest BCUT2D eigenvalue weighted by Gasteiger charge is -2.09. The summed E-state index contributed by atoms with van der Waals surface area (Å²) in [5, 5.41) is 0. The van der Waals surface area contributed by atoms with Gasteiger partial charge in [-0.15, -0.1) is 0 Å². The van der Waals surface area contributed by atoms with Crippen LogP contribution in [-0.2, 0) is 4.74 Å². The second-order valence-corrected chi connectivity index (χ2v) is 4.13. The third kappa shape index (κ3) is 3.07. The van der Waals surface area contributed by atoms with Gasteiger partial charge < -0.3 is 9.47 Å². The van der Waals surface area contributed by atoms with Crippen molar-refractivity contribution in [3.63, 3.8) is 0 Å². The quantitative estimate of drug-likeness (QED) is 0.420. The fourth-order valence-electron chi connectivity index (χ4n) is 1.49. The Balaban J connectivity index is 1.84. The molecule has 1 fully saturated rings. The molecule has 0 unspecified atom stereocenters. The summed E-state index contributed by atoms with van der Waals surface area (Å²) in [6.45, 7) is 2.52. The Morgan fingerprint density at radius 2 is 2.12 bits per heavy atom. The number of ether oxygens (including phenoxy) is 2. The van der Waals surface area contributed by atoms with E-state index in [4.69, 9.17) is 9.47 Å². The Labute approximate surface area is 95.4 Å². The number of hydrogen-bond acceptors (Lipinski definition) is 3. The molecule has 0 heterocycles. The van der Waals surface area contributed by atoms with Gasteiger partial charge in [0.15, 0.2) is 12.6 Å². The first-order chi connectivity index (χ1) is 7.77. The molecule has 0 N–H and O–H groups in total. The predicted molar refractivity (Wildman–Crippen MR) is 60.6 cm³/mol. The van der Waals surface area contributed by atoms with Crippen molar-refractivity contribution in [2.24, 2.45) is 5.92 Å². The monoisotopic (exact) mass is 220 g/mol. The van der Waals surface area contributed by atoms with Crippen LogP contribution in [0.4, 0.5) is 0 Å². The normalized spacial score (nSPS) is 14.8. The molecule has 0 amide bonds. The van der Waals surface area contributed by atoms with Crippen LogP contribution in [0.5, 0.6) is 5.75 Å². The highest BCUT2D eigenvalue weighted by Crippen LogP contribution is 2.28. The second kappa shape index (κ2) is 5.12. The fourth-order valence-corrected chi connectivity index (χ4v) is 1.49. The van der Waals surface area contributed by atoms with E-state index >= 15 is 0 Å². The van der Waals surface area contributed by atoms with Gasteiger partial charge in [0.05, 0.1) is 12.2 Å². The number of hydrogen-bond donors (Lipinski definition) is 0. The van der Waals surface area contributed by atoms with E-state index in [-0.39, 0.29) is 12.6 Å². The maximum Gasteiger partial charge on any atom is 0.189 e. The topological polar surface area (TPSA) is 35.5 Å². The van der Waals surface area contributed by atoms with Crippen molar-refractivity contribution in [3.05, 3.63) is 29.8 Å². The van der Waals surface area contributed by atoms with E-state index in [9.17, 15) is 4.79 Å². The lowest BCUT2D eigenvalue weighted by atomic mass is 10.1. The molecule has 1 saturated carbocycles. The van der Waals surface area contributed by atoms with Gasteiger partial charge in [-0.1, -0.05) is 12.1 Å². The van der Waals surface area contributed by atoms with Crippen LogP contribution in [0.2, 0.25) is 0 Å². The zero-order valence-corrected chi connectivity index (χ0v) is 9.44. The van der Waals surface area contributed by atoms with E-state index in [1.807, 2.05) is 12.1 Å². The van der Waals surface area contributed by atoms with Gasteiger partial charge in [0.25, 0.3) is 0 Å². The van der Waals surface area contributed by atoms with Crippen molar-refractivity contribution in [1.29, 1.82) is 0 Å². The zero-order chi connectivity index (χ0) is 11.4. The molecule has 0 spiro atoms. The molecule has 3 heteroatoms. The molecule has 86 valence electrons. The van der Waals surface area contributed by atoms with E-state index in [0.717, 1.165) is 12.5 Å². The molecule has 0 atom stereocenters. The van der Waals surface area contributed by atoms with Gasteiger partial charge in [0.2, 0.25) is 0 Å². The molecular formula is C13H16O3. The fraction of sp³-hybridized carbons (Fsp3) is 0.462. The number of rotatable bonds is 6. The van der Waals surface area contributed by atoms with Gasteiger partial charge in [-0.25, -0.2) is 0 Å². The second-order valence-electron chi connectivity index (χ2n) is 4.13. The van der Waals surface area contributed by atoms with Crippen molar-refractivity contribution in [2.45, 2.75) is 19.8 Å². The minimum absolute atomic E-state index is 0.0118. The molecule has 0 radical (unpaired) electrons. The standard InChI is InChI=1S/C13H16O3/c1-10(14)12-4-2-3-5-13(12)16-9-15-8-11-6-7-11/h2-5,11H,6-9H2,1H3. The summed E-state index contributed by atoms with van der Waals surface area (Å²) in [4.78, 5) is 11.3. The minimum atomic E-state index is 0.0118. The number of carbonyl (C=O) groups excluding carboxylic acids is 1. The number of Topliss-reactive ketones (excluding diaryl/α,β-unsaturated/α-hetero) is 1. The van der Waals surface area contributed by atoms with Gasteiger partial charge >= 0.3 is 0 Å². The van der Waals surface area contributed by atoms with Crippen molar-refractivity contribution < 1.29 is 14.3 Å². The minimum Gasteiger partial charge on any atom is -0.467 e. The van der Waals surface area contributed by atoms with Crippen LogP contribution >= 0.6 is 0 Å². The SMILES string of the molecule is CC(=O)c1ccccc1OCOCC1CC1. The third-order valence-corrected chi connectivity index (χ3v) is 2.61. The average Bonchev–Trinajstić information content (AvgIpc) is 3.08. The summed E-state index contributed by atoms with van der Waals surface area (Å²) in [5.74, 6) is 1.34. The summed E-state index contributed by atoms with van der Waals surface area (Å²) in [7, 11) is 0. The van der Waals surface area contributed by atoms with E-state index in [2.05, 4.69) is 0 Å². The summed E-state index contributed by atoms with van der Waals surface area (Å²) < 4.78 is 10.8. The molecule has 1 aliphatic carbocycles. The van der Waals surface area contributed by atoms with Crippen LogP contribution in [0.1, 0.15) is 30.1 Å². The highest BCUT2D eigenvalue weighted by atomic mass is 16.7. The van der Waals surface area contributed by atoms with Gasteiger partial charge in [-0.3, -0.25) is 4.79 Å². The van der Waals surface area contributed by atoms with E-state index in [1.54, 1.807) is 12.1 Å². The largest absolute Gasteiger partial charge is 0.467 e. The molecule has 1 aromatic rings. The van der Waals surface area contributed by atoms with Crippen LogP contribution in [0.3, 0.4) is 0 Å². The first kappa shape index (κ1) is 11.1. The summed E-state index contributed by atoms with van der Waals surface area (Å²) in [5.41, 5.74) is 0.609.